The number of hydrogen-bond donors (Lipinski definition) is 2. The molecule has 0 radical (unpaired) electrons. The second kappa shape index (κ2) is 9.75. The molecule has 1 saturated heterocycles. The minimum absolute atomic E-state index is 0.0468. The van der Waals surface area contributed by atoms with Crippen molar-refractivity contribution in [3.63, 3.8) is 0 Å². The van der Waals surface area contributed by atoms with Crippen molar-refractivity contribution in [3.8, 4) is 11.3 Å². The fraction of sp³-hybridized carbons (Fsp3) is 0.179. The number of benzene rings is 3. The highest BCUT2D eigenvalue weighted by Gasteiger charge is 2.35. The van der Waals surface area contributed by atoms with Crippen molar-refractivity contribution in [2.24, 2.45) is 0 Å². The molecule has 2 heterocycles. The number of rotatable bonds is 5. The molecule has 0 atom stereocenters. The Hall–Kier alpha value is -3.54. The second-order valence-corrected chi connectivity index (χ2v) is 8.94. The molecule has 2 N–H and O–H groups in total. The molecule has 170 valence electrons. The number of aromatic nitrogens is 2. The summed E-state index contributed by atoms with van der Waals surface area (Å²) < 4.78 is 0. The fourth-order valence-electron chi connectivity index (χ4n) is 4.67. The molecule has 0 spiro atoms. The van der Waals surface area contributed by atoms with Gasteiger partial charge in [-0.25, -0.2) is 9.97 Å². The zero-order valence-corrected chi connectivity index (χ0v) is 19.4. The summed E-state index contributed by atoms with van der Waals surface area (Å²) in [6, 6.07) is 27.7. The second-order valence-electron chi connectivity index (χ2n) is 8.50. The molecule has 1 aliphatic heterocycles. The Bertz CT molecular complexity index is 1270. The molecule has 1 aromatic heterocycles. The molecule has 1 aliphatic rings. The minimum Gasteiger partial charge on any atom is -0.317 e. The van der Waals surface area contributed by atoms with Crippen molar-refractivity contribution in [1.29, 1.82) is 0 Å². The number of nitrogens with zero attached hydrogens (tertiary/aromatic N) is 2. The number of anilines is 1. The van der Waals surface area contributed by atoms with Crippen LogP contribution in [-0.2, 0) is 5.41 Å². The van der Waals surface area contributed by atoms with Gasteiger partial charge < -0.3 is 5.32 Å². The SMILES string of the molecule is O=C(Nc1nccc(-c2ccc(C3(c4ccc(Cl)cc4)CCNCC3)cc2)n1)c1ccccc1. The van der Waals surface area contributed by atoms with Crippen LogP contribution in [-0.4, -0.2) is 29.0 Å². The molecule has 0 aliphatic carbocycles. The van der Waals surface area contributed by atoms with Crippen LogP contribution in [0.3, 0.4) is 0 Å². The summed E-state index contributed by atoms with van der Waals surface area (Å²) in [5.41, 5.74) is 4.83. The van der Waals surface area contributed by atoms with Crippen molar-refractivity contribution in [2.75, 3.05) is 18.4 Å². The van der Waals surface area contributed by atoms with Gasteiger partial charge in [0.05, 0.1) is 5.69 Å². The molecule has 1 fully saturated rings. The van der Waals surface area contributed by atoms with Crippen LogP contribution in [0.2, 0.25) is 5.02 Å². The summed E-state index contributed by atoms with van der Waals surface area (Å²) in [6.07, 6.45) is 3.72. The fourth-order valence-corrected chi connectivity index (χ4v) is 4.80. The van der Waals surface area contributed by atoms with E-state index in [1.807, 2.05) is 36.4 Å². The number of piperidine rings is 1. The lowest BCUT2D eigenvalue weighted by Crippen LogP contribution is -2.40. The maximum atomic E-state index is 12.5. The summed E-state index contributed by atoms with van der Waals surface area (Å²) >= 11 is 6.16. The van der Waals surface area contributed by atoms with Crippen LogP contribution in [0.25, 0.3) is 11.3 Å². The Kier molecular flexibility index (Phi) is 6.39. The highest BCUT2D eigenvalue weighted by atomic mass is 35.5. The van der Waals surface area contributed by atoms with Gasteiger partial charge in [-0.15, -0.1) is 0 Å². The summed E-state index contributed by atoms with van der Waals surface area (Å²) in [7, 11) is 0. The Morgan fingerprint density at radius 2 is 1.50 bits per heavy atom. The van der Waals surface area contributed by atoms with E-state index in [0.717, 1.165) is 42.2 Å². The molecule has 0 saturated carbocycles. The molecule has 6 heteroatoms. The van der Waals surface area contributed by atoms with Gasteiger partial charge in [-0.2, -0.15) is 0 Å². The molecule has 5 rings (SSSR count). The van der Waals surface area contributed by atoms with E-state index in [2.05, 4.69) is 57.0 Å². The highest BCUT2D eigenvalue weighted by Crippen LogP contribution is 2.41. The van der Waals surface area contributed by atoms with Gasteiger partial charge in [0, 0.05) is 27.8 Å². The molecular formula is C28H25ClN4O. The zero-order valence-electron chi connectivity index (χ0n) is 18.7. The lowest BCUT2D eigenvalue weighted by Gasteiger charge is -2.39. The average molecular weight is 469 g/mol. The van der Waals surface area contributed by atoms with Gasteiger partial charge in [0.25, 0.3) is 5.91 Å². The summed E-state index contributed by atoms with van der Waals surface area (Å²) in [5, 5.41) is 7.02. The molecule has 5 nitrogen and oxygen atoms in total. The number of carbonyl (C=O) groups excluding carboxylic acids is 1. The summed E-state index contributed by atoms with van der Waals surface area (Å²) in [4.78, 5) is 21.3. The first-order chi connectivity index (χ1) is 16.6. The van der Waals surface area contributed by atoms with Gasteiger partial charge in [0.15, 0.2) is 0 Å². The van der Waals surface area contributed by atoms with Gasteiger partial charge in [-0.05, 0) is 67.4 Å². The number of hydrogen-bond acceptors (Lipinski definition) is 4. The Morgan fingerprint density at radius 1 is 0.853 bits per heavy atom. The van der Waals surface area contributed by atoms with Crippen molar-refractivity contribution >= 4 is 23.5 Å². The van der Waals surface area contributed by atoms with E-state index in [1.165, 1.54) is 11.1 Å². The van der Waals surface area contributed by atoms with E-state index in [1.54, 1.807) is 18.3 Å². The highest BCUT2D eigenvalue weighted by molar-refractivity contribution is 6.30. The quantitative estimate of drug-likeness (QED) is 0.393. The monoisotopic (exact) mass is 468 g/mol. The van der Waals surface area contributed by atoms with E-state index in [0.29, 0.717) is 5.56 Å². The van der Waals surface area contributed by atoms with Crippen LogP contribution >= 0.6 is 11.6 Å². The van der Waals surface area contributed by atoms with E-state index < -0.39 is 0 Å². The first-order valence-corrected chi connectivity index (χ1v) is 11.8. The molecule has 3 aromatic carbocycles. The third kappa shape index (κ3) is 4.58. The van der Waals surface area contributed by atoms with Gasteiger partial charge in [0.1, 0.15) is 0 Å². The van der Waals surface area contributed by atoms with Crippen LogP contribution < -0.4 is 10.6 Å². The van der Waals surface area contributed by atoms with Gasteiger partial charge in [-0.1, -0.05) is 66.2 Å². The number of amides is 1. The number of halogens is 1. The van der Waals surface area contributed by atoms with E-state index >= 15 is 0 Å². The van der Waals surface area contributed by atoms with Crippen LogP contribution in [0.5, 0.6) is 0 Å². The van der Waals surface area contributed by atoms with Crippen LogP contribution in [0.1, 0.15) is 34.3 Å². The smallest absolute Gasteiger partial charge is 0.258 e. The summed E-state index contributed by atoms with van der Waals surface area (Å²) in [6.45, 7) is 1.95. The van der Waals surface area contributed by atoms with E-state index in [4.69, 9.17) is 11.6 Å². The van der Waals surface area contributed by atoms with E-state index in [-0.39, 0.29) is 17.3 Å². The first kappa shape index (κ1) is 22.3. The largest absolute Gasteiger partial charge is 0.317 e. The third-order valence-corrected chi connectivity index (χ3v) is 6.76. The minimum atomic E-state index is -0.232. The molecule has 1 amide bonds. The standard InChI is InChI=1S/C28H25ClN4O/c29-24-12-10-23(11-13-24)28(15-18-30-19-16-28)22-8-6-20(7-9-22)25-14-17-31-27(32-25)33-26(34)21-4-2-1-3-5-21/h1-14,17,30H,15-16,18-19H2,(H,31,32,33,34). The predicted molar refractivity (Wildman–Crippen MR) is 136 cm³/mol. The van der Waals surface area contributed by atoms with Crippen molar-refractivity contribution in [3.05, 3.63) is 113 Å². The molecule has 0 bridgehead atoms. The molecule has 0 unspecified atom stereocenters. The zero-order chi connectivity index (χ0) is 23.4. The van der Waals surface area contributed by atoms with Crippen LogP contribution in [0.4, 0.5) is 5.95 Å². The van der Waals surface area contributed by atoms with Gasteiger partial charge in [-0.3, -0.25) is 10.1 Å². The maximum Gasteiger partial charge on any atom is 0.258 e. The summed E-state index contributed by atoms with van der Waals surface area (Å²) in [5.74, 6) is 0.0512. The Morgan fingerprint density at radius 3 is 2.18 bits per heavy atom. The van der Waals surface area contributed by atoms with Gasteiger partial charge >= 0.3 is 0 Å². The first-order valence-electron chi connectivity index (χ1n) is 11.4. The molecule has 4 aromatic rings. The molecule has 34 heavy (non-hydrogen) atoms. The lowest BCUT2D eigenvalue weighted by atomic mass is 9.68. The third-order valence-electron chi connectivity index (χ3n) is 6.50. The lowest BCUT2D eigenvalue weighted by molar-refractivity contribution is 0.102. The normalized spacial score (nSPS) is 15.0. The van der Waals surface area contributed by atoms with Crippen LogP contribution in [0, 0.1) is 0 Å². The molecular weight excluding hydrogens is 444 g/mol. The van der Waals surface area contributed by atoms with Crippen LogP contribution in [0.15, 0.2) is 91.1 Å². The van der Waals surface area contributed by atoms with Crippen molar-refractivity contribution in [2.45, 2.75) is 18.3 Å². The average Bonchev–Trinajstić information content (AvgIpc) is 2.90. The topological polar surface area (TPSA) is 66.9 Å². The van der Waals surface area contributed by atoms with E-state index in [9.17, 15) is 4.79 Å². The van der Waals surface area contributed by atoms with Crippen molar-refractivity contribution in [1.82, 2.24) is 15.3 Å². The number of carbonyl (C=O) groups is 1. The Labute approximate surface area is 204 Å². The predicted octanol–water partition coefficient (Wildman–Crippen LogP) is 5.72. The van der Waals surface area contributed by atoms with Crippen molar-refractivity contribution < 1.29 is 4.79 Å². The Balaban J connectivity index is 1.41. The number of nitrogens with one attached hydrogen (secondary N) is 2. The van der Waals surface area contributed by atoms with Gasteiger partial charge in [0.2, 0.25) is 5.95 Å². The maximum absolute atomic E-state index is 12.5.